The van der Waals surface area contributed by atoms with Crippen molar-refractivity contribution in [3.63, 3.8) is 0 Å². The Bertz CT molecular complexity index is 825. The summed E-state index contributed by atoms with van der Waals surface area (Å²) < 4.78 is 5.30. The van der Waals surface area contributed by atoms with Gasteiger partial charge in [-0.1, -0.05) is 5.16 Å². The molecule has 1 atom stereocenters. The van der Waals surface area contributed by atoms with Crippen LogP contribution < -0.4 is 10.2 Å². The van der Waals surface area contributed by atoms with Crippen LogP contribution in [0.2, 0.25) is 0 Å². The molecule has 4 rings (SSSR count). The molecule has 1 unspecified atom stereocenters. The van der Waals surface area contributed by atoms with Crippen molar-refractivity contribution in [2.24, 2.45) is 0 Å². The molecule has 2 aromatic rings. The number of aromatic nitrogens is 4. The van der Waals surface area contributed by atoms with Gasteiger partial charge in [-0.15, -0.1) is 0 Å². The first-order valence-corrected chi connectivity index (χ1v) is 9.45. The summed E-state index contributed by atoms with van der Waals surface area (Å²) in [6, 6.07) is -0.416. The average Bonchev–Trinajstić information content (AvgIpc) is 3.40. The molecular weight excluding hydrogens is 346 g/mol. The molecular formula is C18H25N7O2. The summed E-state index contributed by atoms with van der Waals surface area (Å²) in [6.07, 6.45) is 4.01. The van der Waals surface area contributed by atoms with Gasteiger partial charge >= 0.3 is 6.03 Å². The number of carbonyl (C=O) groups excluding carboxylic acids is 1. The van der Waals surface area contributed by atoms with Crippen LogP contribution in [0, 0.1) is 13.8 Å². The van der Waals surface area contributed by atoms with Crippen LogP contribution in [0.5, 0.6) is 0 Å². The molecule has 0 aromatic carbocycles. The first-order valence-electron chi connectivity index (χ1n) is 9.45. The van der Waals surface area contributed by atoms with E-state index in [-0.39, 0.29) is 12.1 Å². The van der Waals surface area contributed by atoms with Crippen molar-refractivity contribution in [2.75, 3.05) is 31.1 Å². The predicted octanol–water partition coefficient (Wildman–Crippen LogP) is 1.95. The van der Waals surface area contributed by atoms with Crippen molar-refractivity contribution >= 4 is 11.8 Å². The zero-order valence-corrected chi connectivity index (χ0v) is 16.0. The van der Waals surface area contributed by atoms with Gasteiger partial charge in [0.1, 0.15) is 11.9 Å². The molecule has 144 valence electrons. The third-order valence-corrected chi connectivity index (χ3v) is 5.03. The molecule has 9 nitrogen and oxygen atoms in total. The number of nitrogens with zero attached hydrogens (tertiary/aromatic N) is 6. The lowest BCUT2D eigenvalue weighted by Gasteiger charge is -2.36. The van der Waals surface area contributed by atoms with E-state index >= 15 is 0 Å². The summed E-state index contributed by atoms with van der Waals surface area (Å²) in [7, 11) is 0. The number of amides is 2. The fourth-order valence-electron chi connectivity index (χ4n) is 3.21. The highest BCUT2D eigenvalue weighted by molar-refractivity contribution is 5.75. The van der Waals surface area contributed by atoms with E-state index in [0.717, 1.165) is 49.0 Å². The number of piperazine rings is 1. The minimum Gasteiger partial charge on any atom is -0.352 e. The number of rotatable bonds is 4. The molecule has 2 fully saturated rings. The van der Waals surface area contributed by atoms with Crippen LogP contribution >= 0.6 is 0 Å². The molecule has 1 N–H and O–H groups in total. The zero-order valence-electron chi connectivity index (χ0n) is 16.0. The van der Waals surface area contributed by atoms with Crippen LogP contribution in [0.25, 0.3) is 0 Å². The number of urea groups is 1. The van der Waals surface area contributed by atoms with Gasteiger partial charge in [-0.3, -0.25) is 4.98 Å². The highest BCUT2D eigenvalue weighted by Crippen LogP contribution is 2.38. The van der Waals surface area contributed by atoms with Gasteiger partial charge in [0, 0.05) is 38.3 Å². The Morgan fingerprint density at radius 2 is 1.96 bits per heavy atom. The molecule has 0 bridgehead atoms. The Labute approximate surface area is 158 Å². The van der Waals surface area contributed by atoms with E-state index in [1.165, 1.54) is 0 Å². The fourth-order valence-corrected chi connectivity index (χ4v) is 3.21. The minimum absolute atomic E-state index is 0.111. The molecule has 1 saturated heterocycles. The lowest BCUT2D eigenvalue weighted by Crippen LogP contribution is -2.52. The lowest BCUT2D eigenvalue weighted by molar-refractivity contribution is 0.188. The van der Waals surface area contributed by atoms with Gasteiger partial charge in [0.25, 0.3) is 0 Å². The Morgan fingerprint density at radius 1 is 1.22 bits per heavy atom. The van der Waals surface area contributed by atoms with Crippen molar-refractivity contribution in [3.8, 4) is 0 Å². The molecule has 9 heteroatoms. The van der Waals surface area contributed by atoms with Crippen LogP contribution in [-0.4, -0.2) is 57.2 Å². The summed E-state index contributed by atoms with van der Waals surface area (Å²) in [6.45, 7) is 8.48. The number of hydrogen-bond donors (Lipinski definition) is 1. The molecule has 1 saturated carbocycles. The number of hydrogen-bond acceptors (Lipinski definition) is 7. The molecule has 3 heterocycles. The maximum atomic E-state index is 12.6. The standard InChI is InChI=1S/C18H25N7O2/c1-11-10-19-12(2)16(20-11)24-6-8-25(9-7-24)18(26)21-13(3)17-22-15(23-27-17)14-4-5-14/h10,13-14H,4-9H2,1-3H3,(H,21,26). The highest BCUT2D eigenvalue weighted by atomic mass is 16.5. The van der Waals surface area contributed by atoms with Gasteiger partial charge in [0.15, 0.2) is 5.82 Å². The van der Waals surface area contributed by atoms with Crippen LogP contribution in [0.4, 0.5) is 10.6 Å². The smallest absolute Gasteiger partial charge is 0.318 e. The van der Waals surface area contributed by atoms with Gasteiger partial charge in [-0.2, -0.15) is 4.98 Å². The van der Waals surface area contributed by atoms with Crippen molar-refractivity contribution in [1.82, 2.24) is 30.3 Å². The Kier molecular flexibility index (Phi) is 4.67. The van der Waals surface area contributed by atoms with Crippen LogP contribution in [0.15, 0.2) is 10.7 Å². The van der Waals surface area contributed by atoms with E-state index in [0.29, 0.717) is 24.9 Å². The molecule has 0 spiro atoms. The largest absolute Gasteiger partial charge is 0.352 e. The second-order valence-electron chi connectivity index (χ2n) is 7.33. The van der Waals surface area contributed by atoms with E-state index in [9.17, 15) is 4.79 Å². The lowest BCUT2D eigenvalue weighted by atomic mass is 10.3. The monoisotopic (exact) mass is 371 g/mol. The molecule has 2 aromatic heterocycles. The Morgan fingerprint density at radius 3 is 2.67 bits per heavy atom. The first kappa shape index (κ1) is 17.7. The SMILES string of the molecule is Cc1cnc(C)c(N2CCN(C(=O)NC(C)c3nc(C4CC4)no3)CC2)n1. The van der Waals surface area contributed by atoms with E-state index < -0.39 is 0 Å². The fraction of sp³-hybridized carbons (Fsp3) is 0.611. The predicted molar refractivity (Wildman–Crippen MR) is 98.5 cm³/mol. The third-order valence-electron chi connectivity index (χ3n) is 5.03. The quantitative estimate of drug-likeness (QED) is 0.876. The first-order chi connectivity index (χ1) is 13.0. The van der Waals surface area contributed by atoms with Crippen LogP contribution in [-0.2, 0) is 0 Å². The number of nitrogens with one attached hydrogen (secondary N) is 1. The summed E-state index contributed by atoms with van der Waals surface area (Å²) in [5.41, 5.74) is 1.81. The molecule has 2 aliphatic rings. The second-order valence-corrected chi connectivity index (χ2v) is 7.33. The Hall–Kier alpha value is -2.71. The molecule has 1 aliphatic carbocycles. The van der Waals surface area contributed by atoms with Gasteiger partial charge in [0.05, 0.1) is 11.4 Å². The number of carbonyl (C=O) groups is 1. The average molecular weight is 371 g/mol. The molecule has 2 amide bonds. The van der Waals surface area contributed by atoms with Crippen LogP contribution in [0.1, 0.15) is 54.8 Å². The Balaban J connectivity index is 1.32. The van der Waals surface area contributed by atoms with Crippen molar-refractivity contribution in [2.45, 2.75) is 45.6 Å². The van der Waals surface area contributed by atoms with Crippen molar-refractivity contribution in [3.05, 3.63) is 29.3 Å². The third kappa shape index (κ3) is 3.86. The molecule has 27 heavy (non-hydrogen) atoms. The highest BCUT2D eigenvalue weighted by Gasteiger charge is 2.30. The number of anilines is 1. The maximum absolute atomic E-state index is 12.6. The topological polar surface area (TPSA) is 100 Å². The van der Waals surface area contributed by atoms with E-state index in [2.05, 4.69) is 30.3 Å². The summed E-state index contributed by atoms with van der Waals surface area (Å²) in [4.78, 5) is 29.9. The van der Waals surface area contributed by atoms with E-state index in [1.807, 2.05) is 25.7 Å². The molecule has 1 aliphatic heterocycles. The molecule has 0 radical (unpaired) electrons. The summed E-state index contributed by atoms with van der Waals surface area (Å²) >= 11 is 0. The normalized spacial score (nSPS) is 18.5. The summed E-state index contributed by atoms with van der Waals surface area (Å²) in [5, 5.41) is 6.97. The zero-order chi connectivity index (χ0) is 19.0. The van der Waals surface area contributed by atoms with Crippen LogP contribution in [0.3, 0.4) is 0 Å². The summed E-state index contributed by atoms with van der Waals surface area (Å²) in [5.74, 6) is 2.57. The maximum Gasteiger partial charge on any atom is 0.318 e. The van der Waals surface area contributed by atoms with E-state index in [4.69, 9.17) is 4.52 Å². The van der Waals surface area contributed by atoms with Gasteiger partial charge in [0.2, 0.25) is 5.89 Å². The van der Waals surface area contributed by atoms with Gasteiger partial charge < -0.3 is 19.6 Å². The van der Waals surface area contributed by atoms with Crippen molar-refractivity contribution < 1.29 is 9.32 Å². The van der Waals surface area contributed by atoms with Crippen molar-refractivity contribution in [1.29, 1.82) is 0 Å². The van der Waals surface area contributed by atoms with Gasteiger partial charge in [-0.05, 0) is 33.6 Å². The number of aryl methyl sites for hydroxylation is 2. The minimum atomic E-state index is -0.305. The second kappa shape index (κ2) is 7.13. The van der Waals surface area contributed by atoms with Gasteiger partial charge in [-0.25, -0.2) is 9.78 Å². The van der Waals surface area contributed by atoms with E-state index in [1.54, 1.807) is 6.20 Å².